The summed E-state index contributed by atoms with van der Waals surface area (Å²) in [5.74, 6) is 0.746. The van der Waals surface area contributed by atoms with E-state index in [2.05, 4.69) is 40.7 Å². The fourth-order valence-corrected chi connectivity index (χ4v) is 1.66. The van der Waals surface area contributed by atoms with Crippen molar-refractivity contribution in [2.45, 2.75) is 53.6 Å². The van der Waals surface area contributed by atoms with E-state index >= 15 is 0 Å². The molecule has 0 rings (SSSR count). The smallest absolute Gasteiger partial charge is 0.0591 e. The third kappa shape index (κ3) is 4.47. The molecule has 0 aromatic carbocycles. The van der Waals surface area contributed by atoms with E-state index in [0.29, 0.717) is 11.8 Å². The first-order valence-corrected chi connectivity index (χ1v) is 5.35. The van der Waals surface area contributed by atoms with Crippen LogP contribution in [0.5, 0.6) is 0 Å². The lowest BCUT2D eigenvalue weighted by atomic mass is 9.89. The molecule has 0 aliphatic rings. The van der Waals surface area contributed by atoms with Crippen LogP contribution in [0.4, 0.5) is 0 Å². The van der Waals surface area contributed by atoms with Gasteiger partial charge in [0.05, 0.1) is 6.10 Å². The Morgan fingerprint density at radius 2 is 1.85 bits per heavy atom. The Hall–Kier alpha value is -0.300. The van der Waals surface area contributed by atoms with Gasteiger partial charge in [-0.15, -0.1) is 0 Å². The van der Waals surface area contributed by atoms with E-state index in [-0.39, 0.29) is 6.10 Å². The molecule has 0 saturated heterocycles. The number of hydrogen-bond acceptors (Lipinski definition) is 1. The van der Waals surface area contributed by atoms with E-state index < -0.39 is 0 Å². The summed E-state index contributed by atoms with van der Waals surface area (Å²) >= 11 is 0. The fraction of sp³-hybridized carbons (Fsp3) is 0.833. The van der Waals surface area contributed by atoms with Gasteiger partial charge in [-0.25, -0.2) is 0 Å². The van der Waals surface area contributed by atoms with Crippen molar-refractivity contribution >= 4 is 0 Å². The number of aliphatic hydroxyl groups is 1. The molecule has 0 heterocycles. The molecular formula is C12H24O. The lowest BCUT2D eigenvalue weighted by molar-refractivity contribution is 0.0721. The summed E-state index contributed by atoms with van der Waals surface area (Å²) in [6.45, 7) is 10.5. The van der Waals surface area contributed by atoms with Crippen LogP contribution in [0, 0.1) is 11.8 Å². The quantitative estimate of drug-likeness (QED) is 0.649. The third-order valence-corrected chi connectivity index (χ3v) is 2.71. The molecule has 0 unspecified atom stereocenters. The molecule has 0 amide bonds. The Morgan fingerprint density at radius 3 is 2.15 bits per heavy atom. The van der Waals surface area contributed by atoms with Crippen molar-refractivity contribution in [3.63, 3.8) is 0 Å². The number of rotatable bonds is 5. The second-order valence-corrected chi connectivity index (χ2v) is 4.22. The molecule has 0 bridgehead atoms. The summed E-state index contributed by atoms with van der Waals surface area (Å²) < 4.78 is 0. The van der Waals surface area contributed by atoms with E-state index in [1.165, 1.54) is 5.57 Å². The minimum Gasteiger partial charge on any atom is -0.393 e. The zero-order valence-corrected chi connectivity index (χ0v) is 9.67. The fourth-order valence-electron chi connectivity index (χ4n) is 1.66. The van der Waals surface area contributed by atoms with Crippen molar-refractivity contribution < 1.29 is 5.11 Å². The highest BCUT2D eigenvalue weighted by atomic mass is 16.3. The van der Waals surface area contributed by atoms with Crippen molar-refractivity contribution in [3.05, 3.63) is 11.6 Å². The molecule has 0 aromatic heterocycles. The minimum absolute atomic E-state index is 0.165. The van der Waals surface area contributed by atoms with Gasteiger partial charge < -0.3 is 5.11 Å². The van der Waals surface area contributed by atoms with Gasteiger partial charge in [0.1, 0.15) is 0 Å². The highest BCUT2D eigenvalue weighted by molar-refractivity contribution is 5.00. The zero-order chi connectivity index (χ0) is 10.4. The van der Waals surface area contributed by atoms with Crippen molar-refractivity contribution in [2.75, 3.05) is 0 Å². The van der Waals surface area contributed by atoms with E-state index in [4.69, 9.17) is 0 Å². The van der Waals surface area contributed by atoms with Crippen molar-refractivity contribution in [1.82, 2.24) is 0 Å². The molecule has 0 radical (unpaired) electrons. The van der Waals surface area contributed by atoms with Crippen LogP contribution < -0.4 is 0 Å². The first-order chi connectivity index (χ1) is 6.02. The van der Waals surface area contributed by atoms with E-state index in [1.54, 1.807) is 0 Å². The summed E-state index contributed by atoms with van der Waals surface area (Å²) in [6, 6.07) is 0. The van der Waals surface area contributed by atoms with Crippen LogP contribution in [0.25, 0.3) is 0 Å². The first kappa shape index (κ1) is 12.7. The molecule has 1 nitrogen and oxygen atoms in total. The molecule has 0 saturated carbocycles. The molecule has 0 fully saturated rings. The lowest BCUT2D eigenvalue weighted by Gasteiger charge is -2.22. The highest BCUT2D eigenvalue weighted by Crippen LogP contribution is 2.21. The Balaban J connectivity index is 4.05. The monoisotopic (exact) mass is 184 g/mol. The van der Waals surface area contributed by atoms with Crippen LogP contribution in [-0.4, -0.2) is 11.2 Å². The van der Waals surface area contributed by atoms with E-state index in [0.717, 1.165) is 12.8 Å². The number of aliphatic hydroxyl groups excluding tert-OH is 1. The van der Waals surface area contributed by atoms with Crippen LogP contribution in [0.1, 0.15) is 47.5 Å². The summed E-state index contributed by atoms with van der Waals surface area (Å²) in [7, 11) is 0. The predicted octanol–water partition coefficient (Wildman–Crippen LogP) is 3.39. The molecule has 0 aliphatic heterocycles. The number of hydrogen-bond donors (Lipinski definition) is 1. The number of allylic oxidation sites excluding steroid dienone is 2. The van der Waals surface area contributed by atoms with Gasteiger partial charge in [0.15, 0.2) is 0 Å². The van der Waals surface area contributed by atoms with Crippen molar-refractivity contribution in [1.29, 1.82) is 0 Å². The molecule has 0 spiro atoms. The van der Waals surface area contributed by atoms with Gasteiger partial charge in [0, 0.05) is 0 Å². The third-order valence-electron chi connectivity index (χ3n) is 2.71. The lowest BCUT2D eigenvalue weighted by Crippen LogP contribution is -2.23. The first-order valence-electron chi connectivity index (χ1n) is 5.35. The van der Waals surface area contributed by atoms with E-state index in [9.17, 15) is 5.11 Å². The molecule has 1 N–H and O–H groups in total. The highest BCUT2D eigenvalue weighted by Gasteiger charge is 2.17. The average molecular weight is 184 g/mol. The Kier molecular flexibility index (Phi) is 6.06. The van der Waals surface area contributed by atoms with Crippen LogP contribution in [-0.2, 0) is 0 Å². The molecule has 13 heavy (non-hydrogen) atoms. The standard InChI is InChI=1S/C12H24O/c1-6-11(7-2)8-10(5)12(13)9(3)4/h6,9-10,12-13H,7-8H2,1-5H3/t10-,12+/m0/s1. The zero-order valence-electron chi connectivity index (χ0n) is 9.67. The SMILES string of the molecule is CC=C(CC)C[C@H](C)[C@H](O)C(C)C. The molecule has 0 aliphatic carbocycles. The predicted molar refractivity (Wildman–Crippen MR) is 58.7 cm³/mol. The van der Waals surface area contributed by atoms with Crippen LogP contribution in [0.15, 0.2) is 11.6 Å². The van der Waals surface area contributed by atoms with Crippen molar-refractivity contribution in [2.24, 2.45) is 11.8 Å². The summed E-state index contributed by atoms with van der Waals surface area (Å²) in [5, 5.41) is 9.81. The summed E-state index contributed by atoms with van der Waals surface area (Å²) in [5.41, 5.74) is 1.45. The minimum atomic E-state index is -0.165. The summed E-state index contributed by atoms with van der Waals surface area (Å²) in [6.07, 6.45) is 4.14. The second kappa shape index (κ2) is 6.20. The van der Waals surface area contributed by atoms with Gasteiger partial charge in [0.25, 0.3) is 0 Å². The maximum absolute atomic E-state index is 9.81. The summed E-state index contributed by atoms with van der Waals surface area (Å²) in [4.78, 5) is 0. The molecular weight excluding hydrogens is 160 g/mol. The Labute approximate surface area is 82.9 Å². The van der Waals surface area contributed by atoms with Gasteiger partial charge in [-0.3, -0.25) is 0 Å². The Morgan fingerprint density at radius 1 is 1.31 bits per heavy atom. The molecule has 1 heteroatoms. The van der Waals surface area contributed by atoms with Crippen LogP contribution >= 0.6 is 0 Å². The van der Waals surface area contributed by atoms with Gasteiger partial charge >= 0.3 is 0 Å². The van der Waals surface area contributed by atoms with Gasteiger partial charge in [0.2, 0.25) is 0 Å². The topological polar surface area (TPSA) is 20.2 Å². The molecule has 0 aromatic rings. The largest absolute Gasteiger partial charge is 0.393 e. The van der Waals surface area contributed by atoms with Crippen molar-refractivity contribution in [3.8, 4) is 0 Å². The van der Waals surface area contributed by atoms with Crippen LogP contribution in [0.3, 0.4) is 0 Å². The van der Waals surface area contributed by atoms with E-state index in [1.807, 2.05) is 0 Å². The maximum Gasteiger partial charge on any atom is 0.0591 e. The van der Waals surface area contributed by atoms with Gasteiger partial charge in [-0.05, 0) is 31.6 Å². The molecule has 78 valence electrons. The maximum atomic E-state index is 9.81. The second-order valence-electron chi connectivity index (χ2n) is 4.22. The Bertz CT molecular complexity index is 159. The average Bonchev–Trinajstić information content (AvgIpc) is 2.12. The van der Waals surface area contributed by atoms with Gasteiger partial charge in [-0.2, -0.15) is 0 Å². The normalized spacial score (nSPS) is 17.6. The molecule has 2 atom stereocenters. The van der Waals surface area contributed by atoms with Gasteiger partial charge in [-0.1, -0.05) is 39.3 Å². The van der Waals surface area contributed by atoms with Crippen LogP contribution in [0.2, 0.25) is 0 Å².